The Morgan fingerprint density at radius 2 is 2.04 bits per heavy atom. The highest BCUT2D eigenvalue weighted by Crippen LogP contribution is 2.21. The Bertz CT molecular complexity index is 947. The number of nitrogens with zero attached hydrogens (tertiary/aromatic N) is 5. The lowest BCUT2D eigenvalue weighted by atomic mass is 10.2. The van der Waals surface area contributed by atoms with Crippen molar-refractivity contribution in [3.63, 3.8) is 0 Å². The van der Waals surface area contributed by atoms with E-state index in [1.807, 2.05) is 13.0 Å². The highest BCUT2D eigenvalue weighted by molar-refractivity contribution is 6.31. The van der Waals surface area contributed by atoms with Crippen molar-refractivity contribution in [3.05, 3.63) is 63.7 Å². The monoisotopic (exact) mass is 407 g/mol. The van der Waals surface area contributed by atoms with E-state index in [9.17, 15) is 4.79 Å². The molecule has 3 rings (SSSR count). The predicted octanol–water partition coefficient (Wildman–Crippen LogP) is 3.54. The number of hydrogen-bond donors (Lipinski definition) is 0. The SMILES string of the molecule is Cc1cc(OCn2ccc(C(=O)N(C)Cc3c(Cl)cnn3C)n2)ccc1Cl. The molecule has 2 heterocycles. The quantitative estimate of drug-likeness (QED) is 0.626. The van der Waals surface area contributed by atoms with Crippen molar-refractivity contribution >= 4 is 29.1 Å². The highest BCUT2D eigenvalue weighted by Gasteiger charge is 2.18. The predicted molar refractivity (Wildman–Crippen MR) is 103 cm³/mol. The van der Waals surface area contributed by atoms with Gasteiger partial charge >= 0.3 is 0 Å². The minimum atomic E-state index is -0.214. The van der Waals surface area contributed by atoms with Crippen LogP contribution in [-0.4, -0.2) is 37.4 Å². The molecule has 2 aromatic heterocycles. The van der Waals surface area contributed by atoms with Crippen molar-refractivity contribution in [1.82, 2.24) is 24.5 Å². The van der Waals surface area contributed by atoms with Gasteiger partial charge in [-0.2, -0.15) is 10.2 Å². The molecular formula is C18H19Cl2N5O2. The molecule has 0 aliphatic heterocycles. The summed E-state index contributed by atoms with van der Waals surface area (Å²) >= 11 is 12.1. The second kappa shape index (κ2) is 8.02. The summed E-state index contributed by atoms with van der Waals surface area (Å²) in [7, 11) is 3.47. The molecule has 0 aliphatic carbocycles. The molecule has 0 fully saturated rings. The zero-order chi connectivity index (χ0) is 19.6. The Morgan fingerprint density at radius 3 is 2.70 bits per heavy atom. The smallest absolute Gasteiger partial charge is 0.274 e. The summed E-state index contributed by atoms with van der Waals surface area (Å²) in [6.45, 7) is 2.43. The van der Waals surface area contributed by atoms with Gasteiger partial charge in [0.05, 0.1) is 23.5 Å². The van der Waals surface area contributed by atoms with Crippen LogP contribution in [0, 0.1) is 6.92 Å². The number of aryl methyl sites for hydroxylation is 2. The molecule has 3 aromatic rings. The van der Waals surface area contributed by atoms with Crippen molar-refractivity contribution in [2.75, 3.05) is 7.05 Å². The first kappa shape index (κ1) is 19.3. The van der Waals surface area contributed by atoms with Crippen LogP contribution < -0.4 is 4.74 Å². The second-order valence-electron chi connectivity index (χ2n) is 6.15. The molecule has 9 heteroatoms. The van der Waals surface area contributed by atoms with Crippen LogP contribution in [0.25, 0.3) is 0 Å². The van der Waals surface area contributed by atoms with E-state index in [1.165, 1.54) is 0 Å². The van der Waals surface area contributed by atoms with E-state index in [0.29, 0.717) is 28.0 Å². The van der Waals surface area contributed by atoms with Gasteiger partial charge in [-0.15, -0.1) is 0 Å². The summed E-state index contributed by atoms with van der Waals surface area (Å²) in [6, 6.07) is 7.07. The number of halogens is 2. The number of amides is 1. The molecule has 0 saturated heterocycles. The van der Waals surface area contributed by atoms with Crippen molar-refractivity contribution in [1.29, 1.82) is 0 Å². The van der Waals surface area contributed by atoms with E-state index < -0.39 is 0 Å². The number of hydrogen-bond acceptors (Lipinski definition) is 4. The van der Waals surface area contributed by atoms with Crippen LogP contribution in [0.3, 0.4) is 0 Å². The number of benzene rings is 1. The van der Waals surface area contributed by atoms with Crippen LogP contribution in [-0.2, 0) is 20.3 Å². The molecule has 7 nitrogen and oxygen atoms in total. The first-order valence-electron chi connectivity index (χ1n) is 8.19. The Labute approximate surface area is 167 Å². The Balaban J connectivity index is 1.62. The Morgan fingerprint density at radius 1 is 1.26 bits per heavy atom. The Kier molecular flexibility index (Phi) is 5.72. The van der Waals surface area contributed by atoms with Gasteiger partial charge in [0, 0.05) is 25.3 Å². The first-order chi connectivity index (χ1) is 12.8. The topological polar surface area (TPSA) is 65.2 Å². The van der Waals surface area contributed by atoms with Gasteiger partial charge < -0.3 is 9.64 Å². The highest BCUT2D eigenvalue weighted by atomic mass is 35.5. The minimum Gasteiger partial charge on any atom is -0.471 e. The van der Waals surface area contributed by atoms with E-state index in [2.05, 4.69) is 10.2 Å². The van der Waals surface area contributed by atoms with E-state index >= 15 is 0 Å². The van der Waals surface area contributed by atoms with Gasteiger partial charge in [0.25, 0.3) is 5.91 Å². The van der Waals surface area contributed by atoms with Crippen LogP contribution in [0.15, 0.2) is 36.7 Å². The maximum Gasteiger partial charge on any atom is 0.274 e. The van der Waals surface area contributed by atoms with Gasteiger partial charge in [-0.1, -0.05) is 23.2 Å². The number of carbonyl (C=O) groups is 1. The van der Waals surface area contributed by atoms with Crippen LogP contribution in [0.2, 0.25) is 10.0 Å². The van der Waals surface area contributed by atoms with Gasteiger partial charge in [-0.3, -0.25) is 9.48 Å². The van der Waals surface area contributed by atoms with Gasteiger partial charge in [0.15, 0.2) is 12.4 Å². The van der Waals surface area contributed by atoms with Crippen LogP contribution in [0.1, 0.15) is 21.7 Å². The summed E-state index contributed by atoms with van der Waals surface area (Å²) in [5.41, 5.74) is 2.01. The van der Waals surface area contributed by atoms with Crippen LogP contribution in [0.4, 0.5) is 0 Å². The number of carbonyl (C=O) groups excluding carboxylic acids is 1. The molecule has 0 spiro atoms. The number of aromatic nitrogens is 4. The lowest BCUT2D eigenvalue weighted by Gasteiger charge is -2.16. The zero-order valence-electron chi connectivity index (χ0n) is 15.2. The molecule has 0 aliphatic rings. The summed E-state index contributed by atoms with van der Waals surface area (Å²) < 4.78 is 8.89. The third-order valence-electron chi connectivity index (χ3n) is 4.10. The van der Waals surface area contributed by atoms with Crippen LogP contribution >= 0.6 is 23.2 Å². The molecule has 1 aromatic carbocycles. The fraction of sp³-hybridized carbons (Fsp3) is 0.278. The molecule has 0 bridgehead atoms. The van der Waals surface area contributed by atoms with Gasteiger partial charge in [-0.05, 0) is 36.8 Å². The molecule has 142 valence electrons. The maximum atomic E-state index is 12.6. The Hall–Kier alpha value is -2.51. The molecule has 27 heavy (non-hydrogen) atoms. The molecule has 0 radical (unpaired) electrons. The summed E-state index contributed by atoms with van der Waals surface area (Å²) in [4.78, 5) is 14.1. The molecular weight excluding hydrogens is 389 g/mol. The normalized spacial score (nSPS) is 10.9. The fourth-order valence-corrected chi connectivity index (χ4v) is 2.84. The van der Waals surface area contributed by atoms with Crippen molar-refractivity contribution < 1.29 is 9.53 Å². The molecule has 0 atom stereocenters. The standard InChI is InChI=1S/C18H19Cl2N5O2/c1-12-8-13(4-5-14(12)19)27-11-25-7-6-16(22-25)18(26)23(2)10-17-15(20)9-21-24(17)3/h4-9H,10-11H2,1-3H3. The fourth-order valence-electron chi connectivity index (χ4n) is 2.50. The number of ether oxygens (including phenoxy) is 1. The average molecular weight is 408 g/mol. The maximum absolute atomic E-state index is 12.6. The van der Waals surface area contributed by atoms with E-state index in [0.717, 1.165) is 11.3 Å². The largest absolute Gasteiger partial charge is 0.471 e. The van der Waals surface area contributed by atoms with E-state index in [-0.39, 0.29) is 12.6 Å². The first-order valence-corrected chi connectivity index (χ1v) is 8.95. The minimum absolute atomic E-state index is 0.186. The van der Waals surface area contributed by atoms with Crippen molar-refractivity contribution in [2.24, 2.45) is 7.05 Å². The second-order valence-corrected chi connectivity index (χ2v) is 6.96. The number of rotatable bonds is 6. The average Bonchev–Trinajstić information content (AvgIpc) is 3.24. The summed E-state index contributed by atoms with van der Waals surface area (Å²) in [6.07, 6.45) is 3.25. The van der Waals surface area contributed by atoms with Crippen molar-refractivity contribution in [3.8, 4) is 5.75 Å². The van der Waals surface area contributed by atoms with Crippen LogP contribution in [0.5, 0.6) is 5.75 Å². The lowest BCUT2D eigenvalue weighted by Crippen LogP contribution is -2.28. The third kappa shape index (κ3) is 4.43. The zero-order valence-corrected chi connectivity index (χ0v) is 16.7. The molecule has 0 unspecified atom stereocenters. The van der Waals surface area contributed by atoms with E-state index in [1.54, 1.807) is 59.0 Å². The van der Waals surface area contributed by atoms with Gasteiger partial charge in [0.1, 0.15) is 5.75 Å². The van der Waals surface area contributed by atoms with Gasteiger partial charge in [-0.25, -0.2) is 4.68 Å². The third-order valence-corrected chi connectivity index (χ3v) is 4.84. The van der Waals surface area contributed by atoms with E-state index in [4.69, 9.17) is 27.9 Å². The summed E-state index contributed by atoms with van der Waals surface area (Å²) in [5, 5.41) is 9.56. The lowest BCUT2D eigenvalue weighted by molar-refractivity contribution is 0.0774. The van der Waals surface area contributed by atoms with Gasteiger partial charge in [0.2, 0.25) is 0 Å². The molecule has 0 N–H and O–H groups in total. The molecule has 1 amide bonds. The summed E-state index contributed by atoms with van der Waals surface area (Å²) in [5.74, 6) is 0.469. The molecule has 0 saturated carbocycles. The van der Waals surface area contributed by atoms with Crippen molar-refractivity contribution in [2.45, 2.75) is 20.2 Å².